The first-order valence-corrected chi connectivity index (χ1v) is 8.65. The largest absolute Gasteiger partial charge is 0.497 e. The Hall–Kier alpha value is -2.37. The van der Waals surface area contributed by atoms with Crippen molar-refractivity contribution in [1.82, 2.24) is 15.0 Å². The maximum Gasteiger partial charge on any atom is 0.249 e. The van der Waals surface area contributed by atoms with Crippen molar-refractivity contribution in [3.05, 3.63) is 30.2 Å². The molecule has 1 aliphatic heterocycles. The van der Waals surface area contributed by atoms with E-state index in [0.29, 0.717) is 18.1 Å². The second-order valence-corrected chi connectivity index (χ2v) is 7.67. The molecule has 25 heavy (non-hydrogen) atoms. The van der Waals surface area contributed by atoms with Gasteiger partial charge in [-0.1, -0.05) is 25.9 Å². The third-order valence-electron chi connectivity index (χ3n) is 4.33. The highest BCUT2D eigenvalue weighted by Crippen LogP contribution is 2.34. The van der Waals surface area contributed by atoms with E-state index in [-0.39, 0.29) is 17.4 Å². The molecule has 1 atom stereocenters. The van der Waals surface area contributed by atoms with Gasteiger partial charge in [0.25, 0.3) is 0 Å². The number of nitrogens with zero attached hydrogens (tertiary/aromatic N) is 3. The van der Waals surface area contributed by atoms with Crippen LogP contribution in [0.5, 0.6) is 5.75 Å². The van der Waals surface area contributed by atoms with Crippen LogP contribution in [0.15, 0.2) is 28.8 Å². The van der Waals surface area contributed by atoms with Crippen LogP contribution in [-0.4, -0.2) is 34.6 Å². The van der Waals surface area contributed by atoms with Gasteiger partial charge in [-0.2, -0.15) is 4.98 Å². The first-order valence-electron chi connectivity index (χ1n) is 8.65. The van der Waals surface area contributed by atoms with E-state index in [1.165, 1.54) is 0 Å². The molecule has 6 nitrogen and oxygen atoms in total. The van der Waals surface area contributed by atoms with Crippen LogP contribution in [0.2, 0.25) is 0 Å². The molecule has 2 aromatic rings. The second kappa shape index (κ2) is 6.86. The monoisotopic (exact) mass is 343 g/mol. The van der Waals surface area contributed by atoms with E-state index in [2.05, 4.69) is 30.9 Å². The highest BCUT2D eigenvalue weighted by molar-refractivity contribution is 5.77. The van der Waals surface area contributed by atoms with Crippen molar-refractivity contribution in [2.75, 3.05) is 13.7 Å². The molecular formula is C19H25N3O3. The van der Waals surface area contributed by atoms with E-state index in [0.717, 1.165) is 30.7 Å². The number of carbonyl (C=O) groups excluding carboxylic acids is 1. The van der Waals surface area contributed by atoms with Gasteiger partial charge in [-0.25, -0.2) is 0 Å². The molecule has 134 valence electrons. The quantitative estimate of drug-likeness (QED) is 0.843. The summed E-state index contributed by atoms with van der Waals surface area (Å²) in [6, 6.07) is 7.39. The normalized spacial score (nSPS) is 17.8. The summed E-state index contributed by atoms with van der Waals surface area (Å²) in [6.45, 7) is 6.97. The average molecular weight is 343 g/mol. The molecule has 1 aliphatic rings. The fourth-order valence-corrected chi connectivity index (χ4v) is 3.11. The minimum absolute atomic E-state index is 0.0344. The zero-order valence-corrected chi connectivity index (χ0v) is 15.3. The summed E-state index contributed by atoms with van der Waals surface area (Å²) in [4.78, 5) is 19.0. The number of carbonyl (C=O) groups is 1. The Labute approximate surface area is 148 Å². The topological polar surface area (TPSA) is 68.5 Å². The minimum Gasteiger partial charge on any atom is -0.497 e. The number of hydrogen-bond acceptors (Lipinski definition) is 5. The number of methoxy groups -OCH3 is 1. The fourth-order valence-electron chi connectivity index (χ4n) is 3.11. The minimum atomic E-state index is -0.116. The van der Waals surface area contributed by atoms with Crippen LogP contribution in [0, 0.1) is 5.41 Å². The van der Waals surface area contributed by atoms with E-state index in [1.54, 1.807) is 7.11 Å². The molecule has 1 fully saturated rings. The first-order chi connectivity index (χ1) is 11.9. The molecule has 0 saturated carbocycles. The van der Waals surface area contributed by atoms with Crippen molar-refractivity contribution in [3.63, 3.8) is 0 Å². The number of rotatable bonds is 4. The van der Waals surface area contributed by atoms with Gasteiger partial charge < -0.3 is 14.2 Å². The molecule has 2 heterocycles. The van der Waals surface area contributed by atoms with Gasteiger partial charge in [-0.15, -0.1) is 0 Å². The summed E-state index contributed by atoms with van der Waals surface area (Å²) in [5.41, 5.74) is 0.828. The second-order valence-electron chi connectivity index (χ2n) is 7.67. The van der Waals surface area contributed by atoms with E-state index in [1.807, 2.05) is 29.2 Å². The van der Waals surface area contributed by atoms with Gasteiger partial charge in [0.2, 0.25) is 17.6 Å². The number of amides is 1. The zero-order chi connectivity index (χ0) is 18.0. The molecule has 0 aliphatic carbocycles. The molecule has 1 aromatic carbocycles. The lowest BCUT2D eigenvalue weighted by atomic mass is 9.91. The van der Waals surface area contributed by atoms with Crippen molar-refractivity contribution >= 4 is 5.91 Å². The molecule has 3 rings (SSSR count). The predicted molar refractivity (Wildman–Crippen MR) is 94.0 cm³/mol. The maximum absolute atomic E-state index is 12.6. The Morgan fingerprint density at radius 3 is 2.68 bits per heavy atom. The highest BCUT2D eigenvalue weighted by atomic mass is 16.5. The number of likely N-dealkylation sites (tertiary alicyclic amines) is 1. The van der Waals surface area contributed by atoms with Crippen LogP contribution in [0.1, 0.15) is 52.0 Å². The number of benzene rings is 1. The lowest BCUT2D eigenvalue weighted by Crippen LogP contribution is -2.33. The average Bonchev–Trinajstić information content (AvgIpc) is 3.22. The van der Waals surface area contributed by atoms with Gasteiger partial charge in [0, 0.05) is 18.5 Å². The van der Waals surface area contributed by atoms with Crippen molar-refractivity contribution in [2.45, 2.75) is 46.1 Å². The number of ether oxygens (including phenoxy) is 1. The van der Waals surface area contributed by atoms with Gasteiger partial charge in [0.15, 0.2) is 0 Å². The van der Waals surface area contributed by atoms with Gasteiger partial charge in [-0.05, 0) is 42.5 Å². The van der Waals surface area contributed by atoms with Gasteiger partial charge >= 0.3 is 0 Å². The Morgan fingerprint density at radius 2 is 2.04 bits per heavy atom. The van der Waals surface area contributed by atoms with Gasteiger partial charge in [-0.3, -0.25) is 4.79 Å². The maximum atomic E-state index is 12.6. The van der Waals surface area contributed by atoms with E-state index in [9.17, 15) is 4.79 Å². The van der Waals surface area contributed by atoms with Crippen LogP contribution in [-0.2, 0) is 4.79 Å². The van der Waals surface area contributed by atoms with E-state index >= 15 is 0 Å². The lowest BCUT2D eigenvalue weighted by molar-refractivity contribution is -0.134. The third-order valence-corrected chi connectivity index (χ3v) is 4.33. The predicted octanol–water partition coefficient (Wildman–Crippen LogP) is 3.84. The molecule has 1 saturated heterocycles. The molecule has 0 spiro atoms. The number of aromatic nitrogens is 2. The van der Waals surface area contributed by atoms with Gasteiger partial charge in [0.1, 0.15) is 11.8 Å². The van der Waals surface area contributed by atoms with Crippen molar-refractivity contribution in [1.29, 1.82) is 0 Å². The summed E-state index contributed by atoms with van der Waals surface area (Å²) >= 11 is 0. The highest BCUT2D eigenvalue weighted by Gasteiger charge is 2.35. The van der Waals surface area contributed by atoms with Crippen molar-refractivity contribution in [2.24, 2.45) is 5.41 Å². The summed E-state index contributed by atoms with van der Waals surface area (Å²) < 4.78 is 10.6. The van der Waals surface area contributed by atoms with E-state index < -0.39 is 0 Å². The SMILES string of the molecule is COc1ccc(-c2noc([C@H]3CCCN3C(=O)CC(C)(C)C)n2)cc1. The summed E-state index contributed by atoms with van der Waals surface area (Å²) in [5, 5.41) is 4.09. The first kappa shape index (κ1) is 17.5. The van der Waals surface area contributed by atoms with E-state index in [4.69, 9.17) is 9.26 Å². The van der Waals surface area contributed by atoms with Crippen molar-refractivity contribution < 1.29 is 14.1 Å². The smallest absolute Gasteiger partial charge is 0.249 e. The molecule has 0 bridgehead atoms. The molecular weight excluding hydrogens is 318 g/mol. The zero-order valence-electron chi connectivity index (χ0n) is 15.3. The molecule has 6 heteroatoms. The Bertz CT molecular complexity index is 731. The van der Waals surface area contributed by atoms with Crippen LogP contribution >= 0.6 is 0 Å². The van der Waals surface area contributed by atoms with Crippen LogP contribution in [0.4, 0.5) is 0 Å². The van der Waals surface area contributed by atoms with Crippen molar-refractivity contribution in [3.8, 4) is 17.1 Å². The van der Waals surface area contributed by atoms with Gasteiger partial charge in [0.05, 0.1) is 7.11 Å². The number of hydrogen-bond donors (Lipinski definition) is 0. The third kappa shape index (κ3) is 4.00. The fraction of sp³-hybridized carbons (Fsp3) is 0.526. The Morgan fingerprint density at radius 1 is 1.32 bits per heavy atom. The molecule has 0 unspecified atom stereocenters. The standard InChI is InChI=1S/C19H25N3O3/c1-19(2,3)12-16(23)22-11-5-6-15(22)18-20-17(21-25-18)13-7-9-14(24-4)10-8-13/h7-10,15H,5-6,11-12H2,1-4H3/t15-/m1/s1. The van der Waals surface area contributed by atoms with Crippen LogP contribution in [0.3, 0.4) is 0 Å². The summed E-state index contributed by atoms with van der Waals surface area (Å²) in [7, 11) is 1.63. The lowest BCUT2D eigenvalue weighted by Gasteiger charge is -2.26. The summed E-state index contributed by atoms with van der Waals surface area (Å²) in [5.74, 6) is 1.99. The van der Waals surface area contributed by atoms with Crippen LogP contribution in [0.25, 0.3) is 11.4 Å². The summed E-state index contributed by atoms with van der Waals surface area (Å²) in [6.07, 6.45) is 2.34. The molecule has 1 aromatic heterocycles. The Kier molecular flexibility index (Phi) is 4.79. The van der Waals surface area contributed by atoms with Crippen LogP contribution < -0.4 is 4.74 Å². The molecule has 0 N–H and O–H groups in total. The molecule has 0 radical (unpaired) electrons. The molecule has 1 amide bonds. The Balaban J connectivity index is 1.77.